The third-order valence-corrected chi connectivity index (χ3v) is 3.56. The minimum atomic E-state index is -1.55. The molecule has 3 nitrogen and oxygen atoms in total. The molecule has 3 heteroatoms. The maximum atomic E-state index is 10.3. The van der Waals surface area contributed by atoms with Crippen molar-refractivity contribution >= 4 is 0 Å². The lowest BCUT2D eigenvalue weighted by Gasteiger charge is -2.37. The number of rotatable bonds is 1. The Kier molecular flexibility index (Phi) is 2.78. The van der Waals surface area contributed by atoms with Gasteiger partial charge in [0.1, 0.15) is 6.10 Å². The Labute approximate surface area is 95.7 Å². The molecule has 0 aliphatic heterocycles. The number of aryl methyl sites for hydroxylation is 3. The third-order valence-electron chi connectivity index (χ3n) is 3.56. The fraction of sp³-hybridized carbons (Fsp3) is 0.538. The largest absolute Gasteiger partial charge is 0.387 e. The predicted molar refractivity (Wildman–Crippen MR) is 61.1 cm³/mol. The van der Waals surface area contributed by atoms with Crippen molar-refractivity contribution in [2.45, 2.75) is 38.6 Å². The highest BCUT2D eigenvalue weighted by atomic mass is 16.6. The third kappa shape index (κ3) is 1.56. The van der Waals surface area contributed by atoms with Crippen molar-refractivity contribution in [1.82, 2.24) is 0 Å². The van der Waals surface area contributed by atoms with Crippen molar-refractivity contribution in [3.63, 3.8) is 0 Å². The number of methoxy groups -OCH3 is 1. The summed E-state index contributed by atoms with van der Waals surface area (Å²) in [5.74, 6) is -1.55. The molecular formula is C13H18O3. The fourth-order valence-electron chi connectivity index (χ4n) is 2.33. The summed E-state index contributed by atoms with van der Waals surface area (Å²) in [7, 11) is 1.42. The lowest BCUT2D eigenvalue weighted by Crippen LogP contribution is -2.45. The molecule has 0 heterocycles. The van der Waals surface area contributed by atoms with Crippen molar-refractivity contribution in [2.24, 2.45) is 0 Å². The lowest BCUT2D eigenvalue weighted by molar-refractivity contribution is -0.257. The summed E-state index contributed by atoms with van der Waals surface area (Å²) in [5.41, 5.74) is 4.08. The molecule has 1 aliphatic carbocycles. The van der Waals surface area contributed by atoms with Crippen LogP contribution in [0.25, 0.3) is 0 Å². The Balaban J connectivity index is 2.60. The maximum absolute atomic E-state index is 10.3. The van der Waals surface area contributed by atoms with Crippen LogP contribution < -0.4 is 0 Å². The van der Waals surface area contributed by atoms with Gasteiger partial charge in [0, 0.05) is 12.7 Å². The minimum Gasteiger partial charge on any atom is -0.387 e. The smallest absolute Gasteiger partial charge is 0.219 e. The van der Waals surface area contributed by atoms with E-state index in [0.29, 0.717) is 12.0 Å². The van der Waals surface area contributed by atoms with E-state index in [1.165, 1.54) is 12.7 Å². The van der Waals surface area contributed by atoms with Crippen molar-refractivity contribution in [1.29, 1.82) is 0 Å². The molecule has 0 saturated heterocycles. The number of aliphatic hydroxyl groups is 2. The van der Waals surface area contributed by atoms with Gasteiger partial charge in [-0.3, -0.25) is 0 Å². The van der Waals surface area contributed by atoms with Crippen LogP contribution >= 0.6 is 0 Å². The molecule has 0 aromatic heterocycles. The standard InChI is InChI=1S/C13H18O3/c1-8-6-10-4-5-12(14)13(15,16-3)11(10)7-9(8)2/h6-7,12,14-15H,4-5H2,1-3H3. The average Bonchev–Trinajstić information content (AvgIpc) is 2.27. The molecule has 16 heavy (non-hydrogen) atoms. The summed E-state index contributed by atoms with van der Waals surface area (Å²) in [5, 5.41) is 20.2. The van der Waals surface area contributed by atoms with E-state index in [1.807, 2.05) is 19.9 Å². The molecule has 1 aliphatic rings. The Hall–Kier alpha value is -0.900. The summed E-state index contributed by atoms with van der Waals surface area (Å²) < 4.78 is 5.12. The van der Waals surface area contributed by atoms with Gasteiger partial charge in [-0.25, -0.2) is 0 Å². The first-order valence-electron chi connectivity index (χ1n) is 5.55. The lowest BCUT2D eigenvalue weighted by atomic mass is 9.82. The number of fused-ring (bicyclic) bond motifs is 1. The molecule has 1 aromatic carbocycles. The molecule has 1 aromatic rings. The molecule has 0 spiro atoms. The van der Waals surface area contributed by atoms with Gasteiger partial charge in [0.15, 0.2) is 0 Å². The van der Waals surface area contributed by atoms with Gasteiger partial charge in [0.25, 0.3) is 0 Å². The van der Waals surface area contributed by atoms with Crippen molar-refractivity contribution in [3.05, 3.63) is 34.4 Å². The fourth-order valence-corrected chi connectivity index (χ4v) is 2.33. The summed E-state index contributed by atoms with van der Waals surface area (Å²) in [6.07, 6.45) is 0.454. The van der Waals surface area contributed by atoms with Crippen LogP contribution in [0.5, 0.6) is 0 Å². The number of aliphatic hydroxyl groups excluding tert-OH is 1. The number of hydrogen-bond acceptors (Lipinski definition) is 3. The second-order valence-electron chi connectivity index (χ2n) is 4.55. The first-order chi connectivity index (χ1) is 7.49. The number of hydrogen-bond donors (Lipinski definition) is 2. The van der Waals surface area contributed by atoms with Gasteiger partial charge in [0.2, 0.25) is 5.79 Å². The van der Waals surface area contributed by atoms with E-state index in [2.05, 4.69) is 6.07 Å². The Morgan fingerprint density at radius 1 is 1.31 bits per heavy atom. The Morgan fingerprint density at radius 2 is 1.94 bits per heavy atom. The van der Waals surface area contributed by atoms with E-state index in [0.717, 1.165) is 17.5 Å². The van der Waals surface area contributed by atoms with Crippen LogP contribution in [-0.4, -0.2) is 23.4 Å². The normalized spacial score (nSPS) is 28.9. The van der Waals surface area contributed by atoms with E-state index in [4.69, 9.17) is 4.74 Å². The molecular weight excluding hydrogens is 204 g/mol. The zero-order chi connectivity index (χ0) is 11.9. The molecule has 2 N–H and O–H groups in total. The summed E-state index contributed by atoms with van der Waals surface area (Å²) in [6, 6.07) is 3.98. The highest BCUT2D eigenvalue weighted by molar-refractivity contribution is 5.41. The van der Waals surface area contributed by atoms with Crippen LogP contribution in [0, 0.1) is 13.8 Å². The van der Waals surface area contributed by atoms with E-state index >= 15 is 0 Å². The van der Waals surface area contributed by atoms with Gasteiger partial charge in [-0.2, -0.15) is 0 Å². The molecule has 0 saturated carbocycles. The average molecular weight is 222 g/mol. The highest BCUT2D eigenvalue weighted by Gasteiger charge is 2.42. The van der Waals surface area contributed by atoms with E-state index in [9.17, 15) is 10.2 Å². The zero-order valence-electron chi connectivity index (χ0n) is 9.95. The first-order valence-corrected chi connectivity index (χ1v) is 5.55. The van der Waals surface area contributed by atoms with Gasteiger partial charge in [-0.1, -0.05) is 12.1 Å². The number of benzene rings is 1. The van der Waals surface area contributed by atoms with Crippen LogP contribution in [-0.2, 0) is 16.9 Å². The molecule has 0 radical (unpaired) electrons. The topological polar surface area (TPSA) is 49.7 Å². The summed E-state index contributed by atoms with van der Waals surface area (Å²) in [6.45, 7) is 4.04. The van der Waals surface area contributed by atoms with Crippen LogP contribution in [0.1, 0.15) is 28.7 Å². The van der Waals surface area contributed by atoms with Gasteiger partial charge in [0.05, 0.1) is 0 Å². The van der Waals surface area contributed by atoms with Gasteiger partial charge in [-0.15, -0.1) is 0 Å². The maximum Gasteiger partial charge on any atom is 0.219 e. The van der Waals surface area contributed by atoms with E-state index in [1.54, 1.807) is 0 Å². The monoisotopic (exact) mass is 222 g/mol. The van der Waals surface area contributed by atoms with Gasteiger partial charge >= 0.3 is 0 Å². The van der Waals surface area contributed by atoms with Crippen LogP contribution in [0.15, 0.2) is 12.1 Å². The molecule has 0 bridgehead atoms. The highest BCUT2D eigenvalue weighted by Crippen LogP contribution is 2.37. The molecule has 2 rings (SSSR count). The van der Waals surface area contributed by atoms with Crippen molar-refractivity contribution < 1.29 is 14.9 Å². The molecule has 2 atom stereocenters. The van der Waals surface area contributed by atoms with Gasteiger partial charge < -0.3 is 14.9 Å². The first kappa shape index (κ1) is 11.6. The SMILES string of the molecule is COC1(O)c2cc(C)c(C)cc2CCC1O. The molecule has 0 fully saturated rings. The minimum absolute atomic E-state index is 0.528. The number of ether oxygens (including phenoxy) is 1. The quantitative estimate of drug-likeness (QED) is 0.706. The predicted octanol–water partition coefficient (Wildman–Crippen LogP) is 1.40. The molecule has 2 unspecified atom stereocenters. The molecule has 0 amide bonds. The zero-order valence-corrected chi connectivity index (χ0v) is 9.95. The second-order valence-corrected chi connectivity index (χ2v) is 4.55. The summed E-state index contributed by atoms with van der Waals surface area (Å²) in [4.78, 5) is 0. The van der Waals surface area contributed by atoms with Gasteiger partial charge in [-0.05, 0) is 43.4 Å². The van der Waals surface area contributed by atoms with E-state index in [-0.39, 0.29) is 0 Å². The van der Waals surface area contributed by atoms with E-state index < -0.39 is 11.9 Å². The van der Waals surface area contributed by atoms with Crippen LogP contribution in [0.4, 0.5) is 0 Å². The Bertz CT molecular complexity index is 414. The van der Waals surface area contributed by atoms with Crippen molar-refractivity contribution in [2.75, 3.05) is 7.11 Å². The second kappa shape index (κ2) is 3.84. The van der Waals surface area contributed by atoms with Crippen LogP contribution in [0.3, 0.4) is 0 Å². The van der Waals surface area contributed by atoms with Crippen LogP contribution in [0.2, 0.25) is 0 Å². The van der Waals surface area contributed by atoms with Crippen molar-refractivity contribution in [3.8, 4) is 0 Å². The Morgan fingerprint density at radius 3 is 2.56 bits per heavy atom. The molecule has 88 valence electrons. The summed E-state index contributed by atoms with van der Waals surface area (Å²) >= 11 is 0.